The van der Waals surface area contributed by atoms with E-state index in [1.807, 2.05) is 12.1 Å². The lowest BCUT2D eigenvalue weighted by Gasteiger charge is -2.37. The minimum atomic E-state index is -0.967. The average Bonchev–Trinajstić information content (AvgIpc) is 2.83. The first-order chi connectivity index (χ1) is 15.6. The van der Waals surface area contributed by atoms with Gasteiger partial charge in [0.1, 0.15) is 0 Å². The van der Waals surface area contributed by atoms with Crippen molar-refractivity contribution in [3.8, 4) is 16.9 Å². The molecule has 4 nitrogen and oxygen atoms in total. The van der Waals surface area contributed by atoms with E-state index in [4.69, 9.17) is 18.9 Å². The highest BCUT2D eigenvalue weighted by Gasteiger charge is 2.32. The summed E-state index contributed by atoms with van der Waals surface area (Å²) in [6.45, 7) is 6.26. The van der Waals surface area contributed by atoms with Crippen LogP contribution in [0.2, 0.25) is 0 Å². The van der Waals surface area contributed by atoms with Crippen molar-refractivity contribution in [3.05, 3.63) is 53.6 Å². The summed E-state index contributed by atoms with van der Waals surface area (Å²) in [6, 6.07) is 10.2. The Morgan fingerprint density at radius 3 is 2.19 bits per heavy atom. The monoisotopic (exact) mass is 446 g/mol. The molecule has 32 heavy (non-hydrogen) atoms. The lowest BCUT2D eigenvalue weighted by atomic mass is 9.86. The summed E-state index contributed by atoms with van der Waals surface area (Å²) >= 11 is 0. The molecule has 0 radical (unpaired) electrons. The van der Waals surface area contributed by atoms with Crippen molar-refractivity contribution >= 4 is 0 Å². The predicted molar refractivity (Wildman–Crippen MR) is 118 cm³/mol. The van der Waals surface area contributed by atoms with Gasteiger partial charge in [0, 0.05) is 17.0 Å². The molecule has 2 aromatic carbocycles. The van der Waals surface area contributed by atoms with Gasteiger partial charge in [-0.15, -0.1) is 0 Å². The van der Waals surface area contributed by atoms with Crippen molar-refractivity contribution in [1.29, 1.82) is 0 Å². The van der Waals surface area contributed by atoms with Gasteiger partial charge in [-0.2, -0.15) is 4.39 Å². The summed E-state index contributed by atoms with van der Waals surface area (Å²) in [5, 5.41) is 0. The van der Waals surface area contributed by atoms with Crippen molar-refractivity contribution in [2.45, 2.75) is 51.9 Å². The molecule has 0 spiro atoms. The fraction of sp³-hybridized carbons (Fsp3) is 0.538. The van der Waals surface area contributed by atoms with Crippen molar-refractivity contribution in [2.24, 2.45) is 11.8 Å². The highest BCUT2D eigenvalue weighted by molar-refractivity contribution is 5.65. The normalized spacial score (nSPS) is 26.1. The van der Waals surface area contributed by atoms with Gasteiger partial charge >= 0.3 is 0 Å². The van der Waals surface area contributed by atoms with Gasteiger partial charge in [-0.3, -0.25) is 0 Å². The van der Waals surface area contributed by atoms with E-state index >= 15 is 0 Å². The van der Waals surface area contributed by atoms with Crippen LogP contribution in [-0.2, 0) is 14.2 Å². The van der Waals surface area contributed by atoms with Crippen LogP contribution in [-0.4, -0.2) is 32.5 Å². The molecule has 0 N–H and O–H groups in total. The SMILES string of the molecule is CCCC1CCC(C2COC(c3ccc(-c4ccc(OCC)c(F)c4F)cc3)OC2)CO1. The Kier molecular flexibility index (Phi) is 7.76. The van der Waals surface area contributed by atoms with Gasteiger partial charge in [0.2, 0.25) is 5.82 Å². The molecule has 2 unspecified atom stereocenters. The van der Waals surface area contributed by atoms with E-state index in [-0.39, 0.29) is 17.9 Å². The van der Waals surface area contributed by atoms with Gasteiger partial charge in [-0.05, 0) is 49.8 Å². The lowest BCUT2D eigenvalue weighted by Crippen LogP contribution is -2.38. The van der Waals surface area contributed by atoms with Crippen LogP contribution in [0.15, 0.2) is 36.4 Å². The van der Waals surface area contributed by atoms with Gasteiger partial charge in [0.05, 0.1) is 32.5 Å². The molecule has 174 valence electrons. The zero-order valence-electron chi connectivity index (χ0n) is 18.8. The van der Waals surface area contributed by atoms with Crippen molar-refractivity contribution in [2.75, 3.05) is 26.4 Å². The molecule has 2 aliphatic rings. The second kappa shape index (κ2) is 10.7. The van der Waals surface area contributed by atoms with Gasteiger partial charge in [0.25, 0.3) is 0 Å². The Morgan fingerprint density at radius 1 is 0.844 bits per heavy atom. The summed E-state index contributed by atoms with van der Waals surface area (Å²) in [5.41, 5.74) is 1.64. The van der Waals surface area contributed by atoms with Crippen LogP contribution in [0.5, 0.6) is 5.75 Å². The quantitative estimate of drug-likeness (QED) is 0.501. The number of hydrogen-bond acceptors (Lipinski definition) is 4. The van der Waals surface area contributed by atoms with Crippen molar-refractivity contribution in [1.82, 2.24) is 0 Å². The maximum absolute atomic E-state index is 14.5. The number of halogens is 2. The zero-order valence-corrected chi connectivity index (χ0v) is 18.8. The summed E-state index contributed by atoms with van der Waals surface area (Å²) < 4.78 is 51.9. The molecule has 0 aromatic heterocycles. The molecule has 0 aliphatic carbocycles. The third kappa shape index (κ3) is 5.13. The molecule has 4 rings (SSSR count). The molecular formula is C26H32F2O4. The van der Waals surface area contributed by atoms with E-state index in [9.17, 15) is 8.78 Å². The fourth-order valence-corrected chi connectivity index (χ4v) is 4.57. The van der Waals surface area contributed by atoms with E-state index in [0.29, 0.717) is 36.7 Å². The predicted octanol–water partition coefficient (Wildman–Crippen LogP) is 6.29. The second-order valence-corrected chi connectivity index (χ2v) is 8.63. The molecule has 2 fully saturated rings. The van der Waals surface area contributed by atoms with Gasteiger partial charge in [-0.1, -0.05) is 37.6 Å². The molecule has 0 saturated carbocycles. The largest absolute Gasteiger partial charge is 0.491 e. The topological polar surface area (TPSA) is 36.9 Å². The number of benzene rings is 2. The molecule has 0 amide bonds. The van der Waals surface area contributed by atoms with Crippen molar-refractivity contribution < 1.29 is 27.7 Å². The van der Waals surface area contributed by atoms with Gasteiger partial charge < -0.3 is 18.9 Å². The van der Waals surface area contributed by atoms with Crippen molar-refractivity contribution in [3.63, 3.8) is 0 Å². The molecule has 2 heterocycles. The van der Waals surface area contributed by atoms with Crippen LogP contribution in [0, 0.1) is 23.5 Å². The third-order valence-corrected chi connectivity index (χ3v) is 6.45. The Labute approximate surface area is 188 Å². The first-order valence-corrected chi connectivity index (χ1v) is 11.7. The number of hydrogen-bond donors (Lipinski definition) is 0. The first-order valence-electron chi connectivity index (χ1n) is 11.7. The molecule has 2 aliphatic heterocycles. The minimum Gasteiger partial charge on any atom is -0.491 e. The highest BCUT2D eigenvalue weighted by Crippen LogP contribution is 2.35. The van der Waals surface area contributed by atoms with E-state index < -0.39 is 17.9 Å². The number of ether oxygens (including phenoxy) is 4. The average molecular weight is 447 g/mol. The molecule has 6 heteroatoms. The Hall–Kier alpha value is -2.02. The summed E-state index contributed by atoms with van der Waals surface area (Å²) in [6.07, 6.45) is 4.52. The lowest BCUT2D eigenvalue weighted by molar-refractivity contribution is -0.219. The Bertz CT molecular complexity index is 870. The van der Waals surface area contributed by atoms with Crippen LogP contribution in [0.1, 0.15) is 51.4 Å². The van der Waals surface area contributed by atoms with E-state index in [0.717, 1.165) is 37.9 Å². The molecular weight excluding hydrogens is 414 g/mol. The van der Waals surface area contributed by atoms with Gasteiger partial charge in [-0.25, -0.2) is 4.39 Å². The molecule has 2 atom stereocenters. The first kappa shape index (κ1) is 23.1. The molecule has 2 aromatic rings. The Balaban J connectivity index is 1.34. The van der Waals surface area contributed by atoms with E-state index in [1.54, 1.807) is 19.1 Å². The molecule has 0 bridgehead atoms. The van der Waals surface area contributed by atoms with Gasteiger partial charge in [0.15, 0.2) is 17.9 Å². The highest BCUT2D eigenvalue weighted by atomic mass is 19.2. The van der Waals surface area contributed by atoms with E-state index in [1.165, 1.54) is 12.1 Å². The van der Waals surface area contributed by atoms with Crippen LogP contribution in [0.25, 0.3) is 11.1 Å². The zero-order chi connectivity index (χ0) is 22.5. The maximum atomic E-state index is 14.5. The maximum Gasteiger partial charge on any atom is 0.201 e. The van der Waals surface area contributed by atoms with Crippen LogP contribution in [0.3, 0.4) is 0 Å². The summed E-state index contributed by atoms with van der Waals surface area (Å²) in [7, 11) is 0. The smallest absolute Gasteiger partial charge is 0.201 e. The van der Waals surface area contributed by atoms with E-state index in [2.05, 4.69) is 6.92 Å². The van der Waals surface area contributed by atoms with Crippen LogP contribution < -0.4 is 4.74 Å². The minimum absolute atomic E-state index is 0.0758. The standard InChI is InChI=1S/C26H32F2O4/c1-3-5-21-11-10-19(14-30-21)20-15-31-26(32-16-20)18-8-6-17(7-9-18)22-12-13-23(29-4-2)25(28)24(22)27/h6-9,12-13,19-21,26H,3-5,10-11,14-16H2,1-2H3. The second-order valence-electron chi connectivity index (χ2n) is 8.63. The number of rotatable bonds is 7. The molecule has 2 saturated heterocycles. The Morgan fingerprint density at radius 2 is 1.56 bits per heavy atom. The van der Waals surface area contributed by atoms with Crippen LogP contribution in [0.4, 0.5) is 8.78 Å². The van der Waals surface area contributed by atoms with Crippen LogP contribution >= 0.6 is 0 Å². The third-order valence-electron chi connectivity index (χ3n) is 6.45. The summed E-state index contributed by atoms with van der Waals surface area (Å²) in [5.74, 6) is -1.13. The summed E-state index contributed by atoms with van der Waals surface area (Å²) in [4.78, 5) is 0. The fourth-order valence-electron chi connectivity index (χ4n) is 4.57.